The molecule has 2 rings (SSSR count). The predicted octanol–water partition coefficient (Wildman–Crippen LogP) is 2.26. The summed E-state index contributed by atoms with van der Waals surface area (Å²) in [5.41, 5.74) is 5.49. The monoisotopic (exact) mass is 301 g/mol. The Morgan fingerprint density at radius 3 is 2.63 bits per heavy atom. The molecule has 100 valence electrons. The van der Waals surface area contributed by atoms with Crippen molar-refractivity contribution in [1.82, 2.24) is 4.98 Å². The number of benzene rings is 1. The van der Waals surface area contributed by atoms with Crippen LogP contribution in [0.15, 0.2) is 41.4 Å². The molecular weight excluding hydrogens is 293 g/mol. The average molecular weight is 302 g/mol. The van der Waals surface area contributed by atoms with E-state index < -0.39 is 20.7 Å². The highest BCUT2D eigenvalue weighted by Gasteiger charge is 2.19. The van der Waals surface area contributed by atoms with Gasteiger partial charge in [-0.2, -0.15) is 0 Å². The summed E-state index contributed by atoms with van der Waals surface area (Å²) in [6, 6.07) is 6.11. The maximum atomic E-state index is 13.6. The molecule has 0 bridgehead atoms. The van der Waals surface area contributed by atoms with E-state index >= 15 is 0 Å². The van der Waals surface area contributed by atoms with E-state index in [1.165, 1.54) is 24.4 Å². The fourth-order valence-corrected chi connectivity index (χ4v) is 2.61. The molecule has 0 atom stereocenters. The number of anilines is 2. The standard InChI is InChI=1S/C11H9ClFN3O2S/c12-7-3-4-15-11(5-7)16-19(17,18)10-2-1-8(14)6-9(10)13/h1-6H,14H2,(H,15,16). The van der Waals surface area contributed by atoms with Crippen molar-refractivity contribution in [2.75, 3.05) is 10.5 Å². The zero-order chi connectivity index (χ0) is 14.0. The van der Waals surface area contributed by atoms with Gasteiger partial charge in [-0.05, 0) is 24.3 Å². The van der Waals surface area contributed by atoms with Crippen LogP contribution in [0.4, 0.5) is 15.9 Å². The third kappa shape index (κ3) is 3.12. The van der Waals surface area contributed by atoms with Crippen molar-refractivity contribution in [1.29, 1.82) is 0 Å². The van der Waals surface area contributed by atoms with Gasteiger partial charge in [0, 0.05) is 23.0 Å². The lowest BCUT2D eigenvalue weighted by molar-refractivity contribution is 0.570. The fourth-order valence-electron chi connectivity index (χ4n) is 1.39. The smallest absolute Gasteiger partial charge is 0.265 e. The molecule has 0 amide bonds. The Bertz CT molecular complexity index is 722. The maximum Gasteiger partial charge on any atom is 0.265 e. The Morgan fingerprint density at radius 2 is 2.00 bits per heavy atom. The number of nitrogens with two attached hydrogens (primary N) is 1. The SMILES string of the molecule is Nc1ccc(S(=O)(=O)Nc2cc(Cl)ccn2)c(F)c1. The number of pyridine rings is 1. The molecule has 0 saturated heterocycles. The second-order valence-electron chi connectivity index (χ2n) is 3.65. The Balaban J connectivity index is 2.38. The Morgan fingerprint density at radius 1 is 1.26 bits per heavy atom. The molecule has 3 N–H and O–H groups in total. The first-order valence-corrected chi connectivity index (χ1v) is 6.94. The minimum atomic E-state index is -4.08. The molecule has 1 heterocycles. The third-order valence-electron chi connectivity index (χ3n) is 2.21. The largest absolute Gasteiger partial charge is 0.399 e. The van der Waals surface area contributed by atoms with Crippen molar-refractivity contribution < 1.29 is 12.8 Å². The lowest BCUT2D eigenvalue weighted by atomic mass is 10.3. The molecule has 0 spiro atoms. The van der Waals surface area contributed by atoms with E-state index in [2.05, 4.69) is 9.71 Å². The minimum Gasteiger partial charge on any atom is -0.399 e. The number of hydrogen-bond acceptors (Lipinski definition) is 4. The van der Waals surface area contributed by atoms with Gasteiger partial charge in [0.2, 0.25) is 0 Å². The van der Waals surface area contributed by atoms with E-state index in [9.17, 15) is 12.8 Å². The van der Waals surface area contributed by atoms with Crippen molar-refractivity contribution in [3.05, 3.63) is 47.4 Å². The normalized spacial score (nSPS) is 11.3. The summed E-state index contributed by atoms with van der Waals surface area (Å²) < 4.78 is 39.7. The summed E-state index contributed by atoms with van der Waals surface area (Å²) >= 11 is 5.71. The van der Waals surface area contributed by atoms with Crippen LogP contribution in [0.2, 0.25) is 5.02 Å². The first-order valence-electron chi connectivity index (χ1n) is 5.08. The number of nitrogens with zero attached hydrogens (tertiary/aromatic N) is 1. The van der Waals surface area contributed by atoms with Gasteiger partial charge in [0.15, 0.2) is 0 Å². The first kappa shape index (κ1) is 13.6. The number of aromatic nitrogens is 1. The molecule has 1 aromatic carbocycles. The number of nitrogens with one attached hydrogen (secondary N) is 1. The second kappa shape index (κ2) is 5.02. The molecule has 0 aliphatic heterocycles. The number of sulfonamides is 1. The first-order chi connectivity index (χ1) is 8.88. The zero-order valence-corrected chi connectivity index (χ0v) is 11.0. The van der Waals surface area contributed by atoms with Crippen molar-refractivity contribution in [2.45, 2.75) is 4.90 Å². The van der Waals surface area contributed by atoms with E-state index in [1.54, 1.807) is 0 Å². The van der Waals surface area contributed by atoms with E-state index in [0.717, 1.165) is 12.1 Å². The summed E-state index contributed by atoms with van der Waals surface area (Å²) in [4.78, 5) is 3.26. The van der Waals surface area contributed by atoms with Gasteiger partial charge in [0.25, 0.3) is 10.0 Å². The molecule has 0 aliphatic rings. The molecule has 2 aromatic rings. The van der Waals surface area contributed by atoms with Crippen molar-refractivity contribution in [2.24, 2.45) is 0 Å². The van der Waals surface area contributed by atoms with E-state index in [-0.39, 0.29) is 11.5 Å². The molecule has 0 aliphatic carbocycles. The van der Waals surface area contributed by atoms with Gasteiger partial charge in [0.1, 0.15) is 16.5 Å². The zero-order valence-electron chi connectivity index (χ0n) is 9.47. The summed E-state index contributed by atoms with van der Waals surface area (Å²) in [6.45, 7) is 0. The van der Waals surface area contributed by atoms with E-state index in [1.807, 2.05) is 0 Å². The summed E-state index contributed by atoms with van der Waals surface area (Å²) in [5.74, 6) is -0.932. The molecule has 0 unspecified atom stereocenters. The Hall–Kier alpha value is -1.86. The third-order valence-corrected chi connectivity index (χ3v) is 3.83. The summed E-state index contributed by atoms with van der Waals surface area (Å²) in [7, 11) is -4.08. The van der Waals surface area contributed by atoms with Crippen LogP contribution in [0, 0.1) is 5.82 Å². The molecule has 0 saturated carbocycles. The molecule has 19 heavy (non-hydrogen) atoms. The molecule has 1 aromatic heterocycles. The van der Waals surface area contributed by atoms with Crippen LogP contribution < -0.4 is 10.5 Å². The van der Waals surface area contributed by atoms with Crippen LogP contribution >= 0.6 is 11.6 Å². The number of rotatable bonds is 3. The van der Waals surface area contributed by atoms with Crippen molar-refractivity contribution in [3.63, 3.8) is 0 Å². The van der Waals surface area contributed by atoms with Gasteiger partial charge >= 0.3 is 0 Å². The molecule has 8 heteroatoms. The molecule has 0 fully saturated rings. The highest BCUT2D eigenvalue weighted by molar-refractivity contribution is 7.92. The predicted molar refractivity (Wildman–Crippen MR) is 70.9 cm³/mol. The highest BCUT2D eigenvalue weighted by Crippen LogP contribution is 2.21. The number of nitrogen functional groups attached to an aromatic ring is 1. The van der Waals surface area contributed by atoms with E-state index in [0.29, 0.717) is 5.02 Å². The van der Waals surface area contributed by atoms with Gasteiger partial charge in [0.05, 0.1) is 0 Å². The lowest BCUT2D eigenvalue weighted by Crippen LogP contribution is -2.15. The minimum absolute atomic E-state index is 0.00345. The van der Waals surface area contributed by atoms with Gasteiger partial charge in [-0.1, -0.05) is 11.6 Å². The maximum absolute atomic E-state index is 13.6. The molecule has 0 radical (unpaired) electrons. The van der Waals surface area contributed by atoms with Crippen LogP contribution in [-0.4, -0.2) is 13.4 Å². The Labute approximate surface area is 114 Å². The topological polar surface area (TPSA) is 85.1 Å². The average Bonchev–Trinajstić information content (AvgIpc) is 2.27. The van der Waals surface area contributed by atoms with Crippen LogP contribution in [0.3, 0.4) is 0 Å². The summed E-state index contributed by atoms with van der Waals surface area (Å²) in [6.07, 6.45) is 1.33. The van der Waals surface area contributed by atoms with Crippen LogP contribution in [0.1, 0.15) is 0 Å². The molecular formula is C11H9ClFN3O2S. The highest BCUT2D eigenvalue weighted by atomic mass is 35.5. The quantitative estimate of drug-likeness (QED) is 0.852. The number of hydrogen-bond donors (Lipinski definition) is 2. The van der Waals surface area contributed by atoms with Gasteiger partial charge < -0.3 is 5.73 Å². The Kier molecular flexibility index (Phi) is 3.59. The van der Waals surface area contributed by atoms with E-state index in [4.69, 9.17) is 17.3 Å². The van der Waals surface area contributed by atoms with Crippen LogP contribution in [-0.2, 0) is 10.0 Å². The molecule has 5 nitrogen and oxygen atoms in total. The fraction of sp³-hybridized carbons (Fsp3) is 0. The summed E-state index contributed by atoms with van der Waals surface area (Å²) in [5, 5.41) is 0.311. The van der Waals surface area contributed by atoms with Crippen LogP contribution in [0.25, 0.3) is 0 Å². The van der Waals surface area contributed by atoms with Gasteiger partial charge in [-0.3, -0.25) is 4.72 Å². The number of halogens is 2. The van der Waals surface area contributed by atoms with Gasteiger partial charge in [-0.15, -0.1) is 0 Å². The van der Waals surface area contributed by atoms with Gasteiger partial charge in [-0.25, -0.2) is 17.8 Å². The van der Waals surface area contributed by atoms with Crippen LogP contribution in [0.5, 0.6) is 0 Å². The van der Waals surface area contributed by atoms with Crippen molar-refractivity contribution in [3.8, 4) is 0 Å². The van der Waals surface area contributed by atoms with Crippen molar-refractivity contribution >= 4 is 33.1 Å². The lowest BCUT2D eigenvalue weighted by Gasteiger charge is -2.08. The second-order valence-corrected chi connectivity index (χ2v) is 5.74.